The predicted molar refractivity (Wildman–Crippen MR) is 61.0 cm³/mol. The summed E-state index contributed by atoms with van der Waals surface area (Å²) in [5.41, 5.74) is -0.633. The highest BCUT2D eigenvalue weighted by Crippen LogP contribution is 2.29. The molecule has 0 fully saturated rings. The summed E-state index contributed by atoms with van der Waals surface area (Å²) in [6.07, 6.45) is 0. The molecule has 0 saturated carbocycles. The van der Waals surface area contributed by atoms with Crippen LogP contribution in [0.15, 0.2) is 18.2 Å². The van der Waals surface area contributed by atoms with Crippen LogP contribution in [0, 0.1) is 10.1 Å². The van der Waals surface area contributed by atoms with Gasteiger partial charge in [0.2, 0.25) is 0 Å². The number of nitrogens with one attached hydrogen (secondary N) is 1. The zero-order valence-corrected chi connectivity index (χ0v) is 9.73. The summed E-state index contributed by atoms with van der Waals surface area (Å²) in [6, 6.07) is 3.74. The molecule has 0 aliphatic carbocycles. The van der Waals surface area contributed by atoms with Gasteiger partial charge in [-0.25, -0.2) is 5.14 Å². The van der Waals surface area contributed by atoms with Crippen LogP contribution in [-0.2, 0) is 10.2 Å². The molecule has 9 heteroatoms. The van der Waals surface area contributed by atoms with Crippen molar-refractivity contribution in [2.45, 2.75) is 6.92 Å². The first kappa shape index (κ1) is 13.2. The zero-order chi connectivity index (χ0) is 13.1. The molecule has 1 aromatic carbocycles. The van der Waals surface area contributed by atoms with Crippen molar-refractivity contribution in [2.24, 2.45) is 5.14 Å². The highest BCUT2D eigenvalue weighted by atomic mass is 32.2. The SMILES string of the molecule is CCOc1ccc(NS(N)(=O)=O)c([N+](=O)[O-])c1. The average molecular weight is 261 g/mol. The van der Waals surface area contributed by atoms with Crippen LogP contribution in [0.1, 0.15) is 6.92 Å². The van der Waals surface area contributed by atoms with Crippen LogP contribution >= 0.6 is 0 Å². The van der Waals surface area contributed by atoms with Gasteiger partial charge in [-0.05, 0) is 19.1 Å². The van der Waals surface area contributed by atoms with Gasteiger partial charge in [0.05, 0.1) is 17.6 Å². The van der Waals surface area contributed by atoms with Gasteiger partial charge in [-0.2, -0.15) is 8.42 Å². The summed E-state index contributed by atoms with van der Waals surface area (Å²) in [5.74, 6) is 0.277. The van der Waals surface area contributed by atoms with E-state index in [9.17, 15) is 18.5 Å². The van der Waals surface area contributed by atoms with E-state index in [2.05, 4.69) is 0 Å². The number of nitrogens with two attached hydrogens (primary N) is 1. The molecular formula is C8H11N3O5S. The van der Waals surface area contributed by atoms with Gasteiger partial charge >= 0.3 is 0 Å². The standard InChI is InChI=1S/C8H11N3O5S/c1-2-16-6-3-4-7(10-17(9,14)15)8(5-6)11(12)13/h3-5,10H,2H2,1H3,(H2,9,14,15). The van der Waals surface area contributed by atoms with E-state index in [1.165, 1.54) is 12.1 Å². The third-order valence-corrected chi connectivity index (χ3v) is 2.23. The van der Waals surface area contributed by atoms with E-state index in [0.717, 1.165) is 6.07 Å². The fourth-order valence-corrected chi connectivity index (χ4v) is 1.64. The molecule has 0 aliphatic heterocycles. The third-order valence-electron chi connectivity index (χ3n) is 1.73. The number of hydrogen-bond donors (Lipinski definition) is 2. The lowest BCUT2D eigenvalue weighted by atomic mass is 10.2. The van der Waals surface area contributed by atoms with Crippen molar-refractivity contribution in [3.05, 3.63) is 28.3 Å². The van der Waals surface area contributed by atoms with Crippen LogP contribution in [0.5, 0.6) is 5.75 Å². The summed E-state index contributed by atoms with van der Waals surface area (Å²) >= 11 is 0. The first-order chi connectivity index (χ1) is 7.83. The van der Waals surface area contributed by atoms with E-state index in [4.69, 9.17) is 9.88 Å². The molecule has 1 aromatic rings. The number of nitro groups is 1. The molecule has 8 nitrogen and oxygen atoms in total. The molecule has 0 heterocycles. The van der Waals surface area contributed by atoms with Crippen LogP contribution in [-0.4, -0.2) is 19.9 Å². The molecule has 0 atom stereocenters. The van der Waals surface area contributed by atoms with Crippen molar-refractivity contribution in [1.82, 2.24) is 0 Å². The van der Waals surface area contributed by atoms with Crippen molar-refractivity contribution >= 4 is 21.6 Å². The summed E-state index contributed by atoms with van der Waals surface area (Å²) < 4.78 is 28.5. The molecule has 17 heavy (non-hydrogen) atoms. The fourth-order valence-electron chi connectivity index (χ4n) is 1.16. The van der Waals surface area contributed by atoms with E-state index in [-0.39, 0.29) is 11.4 Å². The van der Waals surface area contributed by atoms with Crippen molar-refractivity contribution in [3.8, 4) is 5.75 Å². The number of ether oxygens (including phenoxy) is 1. The van der Waals surface area contributed by atoms with Gasteiger partial charge in [0, 0.05) is 0 Å². The summed E-state index contributed by atoms with van der Waals surface area (Å²) in [4.78, 5) is 10.0. The lowest BCUT2D eigenvalue weighted by Gasteiger charge is -2.07. The molecule has 0 aliphatic rings. The Labute approximate surface area is 97.7 Å². The minimum Gasteiger partial charge on any atom is -0.494 e. The van der Waals surface area contributed by atoms with Gasteiger partial charge in [0.25, 0.3) is 15.9 Å². The molecule has 0 spiro atoms. The highest BCUT2D eigenvalue weighted by molar-refractivity contribution is 7.90. The molecule has 94 valence electrons. The molecule has 0 aromatic heterocycles. The summed E-state index contributed by atoms with van der Waals surface area (Å²) in [5, 5.41) is 15.5. The second-order valence-corrected chi connectivity index (χ2v) is 4.31. The molecule has 0 unspecified atom stereocenters. The van der Waals surface area contributed by atoms with E-state index in [0.29, 0.717) is 6.61 Å². The Morgan fingerprint density at radius 3 is 2.65 bits per heavy atom. The van der Waals surface area contributed by atoms with E-state index < -0.39 is 20.8 Å². The van der Waals surface area contributed by atoms with Gasteiger partial charge in [-0.1, -0.05) is 0 Å². The Kier molecular flexibility index (Phi) is 3.86. The monoisotopic (exact) mass is 261 g/mol. The maximum Gasteiger partial charge on any atom is 0.297 e. The summed E-state index contributed by atoms with van der Waals surface area (Å²) in [7, 11) is -4.05. The number of hydrogen-bond acceptors (Lipinski definition) is 5. The number of nitrogens with zero attached hydrogens (tertiary/aromatic N) is 1. The van der Waals surface area contributed by atoms with Gasteiger partial charge < -0.3 is 4.74 Å². The van der Waals surface area contributed by atoms with Crippen LogP contribution in [0.25, 0.3) is 0 Å². The van der Waals surface area contributed by atoms with Gasteiger partial charge in [-0.3, -0.25) is 14.8 Å². The Bertz CT molecular complexity index is 528. The minimum absolute atomic E-state index is 0.207. The predicted octanol–water partition coefficient (Wildman–Crippen LogP) is 0.609. The molecule has 0 saturated heterocycles. The van der Waals surface area contributed by atoms with Gasteiger partial charge in [0.15, 0.2) is 0 Å². The second kappa shape index (κ2) is 4.97. The fraction of sp³-hybridized carbons (Fsp3) is 0.250. The Balaban J connectivity index is 3.17. The van der Waals surface area contributed by atoms with Crippen molar-refractivity contribution in [2.75, 3.05) is 11.3 Å². The largest absolute Gasteiger partial charge is 0.494 e. The molecule has 1 rings (SSSR count). The van der Waals surface area contributed by atoms with Crippen molar-refractivity contribution < 1.29 is 18.1 Å². The number of benzene rings is 1. The van der Waals surface area contributed by atoms with E-state index in [1.807, 2.05) is 4.72 Å². The van der Waals surface area contributed by atoms with E-state index >= 15 is 0 Å². The van der Waals surface area contributed by atoms with Crippen molar-refractivity contribution in [1.29, 1.82) is 0 Å². The van der Waals surface area contributed by atoms with Crippen LogP contribution in [0.2, 0.25) is 0 Å². The zero-order valence-electron chi connectivity index (χ0n) is 8.91. The van der Waals surface area contributed by atoms with E-state index in [1.54, 1.807) is 6.92 Å². The number of rotatable bonds is 5. The quantitative estimate of drug-likeness (QED) is 0.593. The normalized spacial score (nSPS) is 10.9. The van der Waals surface area contributed by atoms with Crippen LogP contribution in [0.3, 0.4) is 0 Å². The smallest absolute Gasteiger partial charge is 0.297 e. The van der Waals surface area contributed by atoms with Gasteiger partial charge in [0.1, 0.15) is 11.4 Å². The van der Waals surface area contributed by atoms with Crippen LogP contribution in [0.4, 0.5) is 11.4 Å². The Hall–Kier alpha value is -1.87. The van der Waals surface area contributed by atoms with Crippen LogP contribution < -0.4 is 14.6 Å². The van der Waals surface area contributed by atoms with Gasteiger partial charge in [-0.15, -0.1) is 0 Å². The lowest BCUT2D eigenvalue weighted by Crippen LogP contribution is -2.22. The number of anilines is 1. The lowest BCUT2D eigenvalue weighted by molar-refractivity contribution is -0.384. The maximum absolute atomic E-state index is 10.8. The Morgan fingerprint density at radius 2 is 2.18 bits per heavy atom. The van der Waals surface area contributed by atoms with Crippen molar-refractivity contribution in [3.63, 3.8) is 0 Å². The summed E-state index contributed by atoms with van der Waals surface area (Å²) in [6.45, 7) is 2.07. The minimum atomic E-state index is -4.05. The molecular weight excluding hydrogens is 250 g/mol. The second-order valence-electron chi connectivity index (χ2n) is 3.02. The third kappa shape index (κ3) is 3.89. The molecule has 0 amide bonds. The number of nitro benzene ring substituents is 1. The maximum atomic E-state index is 10.8. The molecule has 0 radical (unpaired) electrons. The highest BCUT2D eigenvalue weighted by Gasteiger charge is 2.17. The average Bonchev–Trinajstić information content (AvgIpc) is 2.18. The first-order valence-electron chi connectivity index (χ1n) is 4.55. The first-order valence-corrected chi connectivity index (χ1v) is 6.10. The Morgan fingerprint density at radius 1 is 1.53 bits per heavy atom. The topological polar surface area (TPSA) is 125 Å². The molecule has 0 bridgehead atoms. The molecule has 3 N–H and O–H groups in total.